The third kappa shape index (κ3) is 4.31. The number of benzene rings is 2. The first-order chi connectivity index (χ1) is 15.0. The first kappa shape index (κ1) is 21.0. The molecule has 0 unspecified atom stereocenters. The molecule has 0 atom stereocenters. The highest BCUT2D eigenvalue weighted by Gasteiger charge is 2.25. The quantitative estimate of drug-likeness (QED) is 0.625. The van der Waals surface area contributed by atoms with Crippen molar-refractivity contribution in [3.05, 3.63) is 75.6 Å². The van der Waals surface area contributed by atoms with Crippen LogP contribution in [0, 0.1) is 26.7 Å². The van der Waals surface area contributed by atoms with Crippen molar-refractivity contribution < 1.29 is 4.79 Å². The lowest BCUT2D eigenvalue weighted by Crippen LogP contribution is -2.29. The van der Waals surface area contributed by atoms with Crippen LogP contribution in [-0.4, -0.2) is 15.7 Å². The Morgan fingerprint density at radius 1 is 0.968 bits per heavy atom. The topological polar surface area (TPSA) is 64.0 Å². The van der Waals surface area contributed by atoms with Gasteiger partial charge in [0.25, 0.3) is 0 Å². The number of rotatable bonds is 4. The van der Waals surface area contributed by atoms with Crippen molar-refractivity contribution in [1.29, 1.82) is 0 Å². The van der Waals surface area contributed by atoms with Crippen molar-refractivity contribution in [2.24, 2.45) is 5.92 Å². The highest BCUT2D eigenvalue weighted by Crippen LogP contribution is 2.30. The van der Waals surface area contributed by atoms with E-state index in [1.54, 1.807) is 11.6 Å². The average Bonchev–Trinajstić information content (AvgIpc) is 2.79. The molecule has 160 valence electrons. The van der Waals surface area contributed by atoms with Gasteiger partial charge in [0.05, 0.1) is 11.3 Å². The van der Waals surface area contributed by atoms with Crippen LogP contribution in [0.4, 0.5) is 5.82 Å². The highest BCUT2D eigenvalue weighted by molar-refractivity contribution is 5.96. The minimum atomic E-state index is -0.162. The van der Waals surface area contributed by atoms with Gasteiger partial charge in [0.1, 0.15) is 11.5 Å². The Labute approximate surface area is 183 Å². The fourth-order valence-electron chi connectivity index (χ4n) is 4.26. The monoisotopic (exact) mass is 415 g/mol. The van der Waals surface area contributed by atoms with E-state index in [4.69, 9.17) is 0 Å². The molecule has 0 aliphatic heterocycles. The van der Waals surface area contributed by atoms with Gasteiger partial charge >= 0.3 is 0 Å². The number of nitrogens with zero attached hydrogens (tertiary/aromatic N) is 2. The summed E-state index contributed by atoms with van der Waals surface area (Å²) in [6.07, 6.45) is 5.09. The molecule has 1 fully saturated rings. The zero-order valence-electron chi connectivity index (χ0n) is 18.4. The summed E-state index contributed by atoms with van der Waals surface area (Å²) in [6.45, 7) is 5.83. The summed E-state index contributed by atoms with van der Waals surface area (Å²) in [5, 5.41) is 7.70. The highest BCUT2D eigenvalue weighted by atomic mass is 16.2. The molecule has 2 aromatic carbocycles. The van der Waals surface area contributed by atoms with Crippen LogP contribution in [0.5, 0.6) is 0 Å². The summed E-state index contributed by atoms with van der Waals surface area (Å²) in [7, 11) is 0. The molecule has 0 saturated heterocycles. The average molecular weight is 416 g/mol. The maximum atomic E-state index is 13.2. The second-order valence-corrected chi connectivity index (χ2v) is 8.51. The van der Waals surface area contributed by atoms with Crippen LogP contribution in [0.1, 0.15) is 48.9 Å². The molecular weight excluding hydrogens is 386 g/mol. The Morgan fingerprint density at radius 2 is 1.68 bits per heavy atom. The van der Waals surface area contributed by atoms with Crippen molar-refractivity contribution in [3.8, 4) is 16.8 Å². The first-order valence-corrected chi connectivity index (χ1v) is 11.0. The molecule has 4 rings (SSSR count). The van der Waals surface area contributed by atoms with Crippen LogP contribution >= 0.6 is 0 Å². The third-order valence-corrected chi connectivity index (χ3v) is 6.27. The van der Waals surface area contributed by atoms with E-state index in [-0.39, 0.29) is 17.3 Å². The van der Waals surface area contributed by atoms with E-state index >= 15 is 0 Å². The Hall–Kier alpha value is -3.21. The van der Waals surface area contributed by atoms with Crippen LogP contribution in [0.3, 0.4) is 0 Å². The van der Waals surface area contributed by atoms with Gasteiger partial charge in [-0.1, -0.05) is 55.7 Å². The third-order valence-electron chi connectivity index (χ3n) is 6.27. The van der Waals surface area contributed by atoms with Gasteiger partial charge in [-0.15, -0.1) is 0 Å². The molecule has 3 aromatic rings. The number of amides is 1. The molecule has 5 nitrogen and oxygen atoms in total. The first-order valence-electron chi connectivity index (χ1n) is 11.0. The molecule has 1 N–H and O–H groups in total. The number of carbonyl (C=O) groups is 1. The lowest BCUT2D eigenvalue weighted by atomic mass is 9.88. The van der Waals surface area contributed by atoms with Crippen LogP contribution in [0.2, 0.25) is 0 Å². The molecule has 5 heteroatoms. The number of hydrogen-bond acceptors (Lipinski definition) is 3. The summed E-state index contributed by atoms with van der Waals surface area (Å²) in [6, 6.07) is 15.6. The van der Waals surface area contributed by atoms with E-state index in [1.165, 1.54) is 12.0 Å². The minimum absolute atomic E-state index is 0.0259. The number of hydrogen-bond donors (Lipinski definition) is 1. The van der Waals surface area contributed by atoms with E-state index in [1.807, 2.05) is 55.5 Å². The number of carbonyl (C=O) groups excluding carboxylic acids is 1. The molecule has 1 amide bonds. The van der Waals surface area contributed by atoms with Gasteiger partial charge in [-0.2, -0.15) is 5.10 Å². The smallest absolute Gasteiger partial charge is 0.228 e. The Morgan fingerprint density at radius 3 is 2.35 bits per heavy atom. The molecule has 0 radical (unpaired) electrons. The van der Waals surface area contributed by atoms with E-state index in [9.17, 15) is 9.59 Å². The summed E-state index contributed by atoms with van der Waals surface area (Å²) >= 11 is 0. The van der Waals surface area contributed by atoms with E-state index in [0.29, 0.717) is 17.1 Å². The van der Waals surface area contributed by atoms with Gasteiger partial charge in [-0.05, 0) is 62.4 Å². The van der Waals surface area contributed by atoms with Crippen molar-refractivity contribution in [3.63, 3.8) is 0 Å². The molecule has 1 aromatic heterocycles. The van der Waals surface area contributed by atoms with E-state index in [2.05, 4.69) is 17.3 Å². The van der Waals surface area contributed by atoms with Gasteiger partial charge in [0.2, 0.25) is 11.3 Å². The SMILES string of the molecule is Cc1ccc(-n2nc(C)c(=O)c(-c3ccccc3)c2NC(=O)C2CCCCC2)cc1C. The zero-order chi connectivity index (χ0) is 22.0. The maximum Gasteiger partial charge on any atom is 0.228 e. The fraction of sp³-hybridized carbons (Fsp3) is 0.346. The van der Waals surface area contributed by atoms with Gasteiger partial charge in [-0.3, -0.25) is 9.59 Å². The molecule has 1 aliphatic rings. The Balaban J connectivity index is 1.91. The number of nitrogens with one attached hydrogen (secondary N) is 1. The predicted molar refractivity (Wildman–Crippen MR) is 125 cm³/mol. The van der Waals surface area contributed by atoms with Crippen LogP contribution in [0.15, 0.2) is 53.3 Å². The predicted octanol–water partition coefficient (Wildman–Crippen LogP) is 5.34. The molecule has 31 heavy (non-hydrogen) atoms. The molecule has 1 heterocycles. The van der Waals surface area contributed by atoms with Gasteiger partial charge in [-0.25, -0.2) is 4.68 Å². The van der Waals surface area contributed by atoms with Gasteiger partial charge in [0.15, 0.2) is 0 Å². The van der Waals surface area contributed by atoms with Crippen molar-refractivity contribution >= 4 is 11.7 Å². The lowest BCUT2D eigenvalue weighted by Gasteiger charge is -2.23. The van der Waals surface area contributed by atoms with Gasteiger partial charge < -0.3 is 5.32 Å². The summed E-state index contributed by atoms with van der Waals surface area (Å²) in [4.78, 5) is 26.4. The number of aryl methyl sites for hydroxylation is 3. The molecule has 0 spiro atoms. The zero-order valence-corrected chi connectivity index (χ0v) is 18.4. The summed E-state index contributed by atoms with van der Waals surface area (Å²) in [5.74, 6) is 0.391. The normalized spacial score (nSPS) is 14.4. The lowest BCUT2D eigenvalue weighted by molar-refractivity contribution is -0.120. The van der Waals surface area contributed by atoms with E-state index < -0.39 is 0 Å². The van der Waals surface area contributed by atoms with Gasteiger partial charge in [0, 0.05) is 5.92 Å². The molecule has 0 bridgehead atoms. The summed E-state index contributed by atoms with van der Waals surface area (Å²) < 4.78 is 1.71. The minimum Gasteiger partial charge on any atom is -0.310 e. The number of anilines is 1. The molecule has 1 aliphatic carbocycles. The molecular formula is C26H29N3O2. The second-order valence-electron chi connectivity index (χ2n) is 8.51. The maximum absolute atomic E-state index is 13.2. The molecule has 1 saturated carbocycles. The Bertz CT molecular complexity index is 1160. The van der Waals surface area contributed by atoms with Crippen molar-refractivity contribution in [2.45, 2.75) is 52.9 Å². The van der Waals surface area contributed by atoms with Crippen molar-refractivity contribution in [2.75, 3.05) is 5.32 Å². The van der Waals surface area contributed by atoms with E-state index in [0.717, 1.165) is 42.5 Å². The Kier molecular flexibility index (Phi) is 6.03. The van der Waals surface area contributed by atoms with Crippen LogP contribution in [0.25, 0.3) is 16.8 Å². The van der Waals surface area contributed by atoms with Crippen LogP contribution in [-0.2, 0) is 4.79 Å². The summed E-state index contributed by atoms with van der Waals surface area (Å²) in [5.41, 5.74) is 4.62. The number of aromatic nitrogens is 2. The standard InChI is InChI=1S/C26H29N3O2/c1-17-14-15-22(16-18(17)2)29-25(27-26(31)21-12-8-5-9-13-21)23(24(30)19(3)28-29)20-10-6-4-7-11-20/h4,6-7,10-11,14-16,21H,5,8-9,12-13H2,1-3H3,(H,27,31). The van der Waals surface area contributed by atoms with Crippen molar-refractivity contribution in [1.82, 2.24) is 9.78 Å². The largest absolute Gasteiger partial charge is 0.310 e. The fourth-order valence-corrected chi connectivity index (χ4v) is 4.26. The second kappa shape index (κ2) is 8.88. The van der Waals surface area contributed by atoms with Crippen LogP contribution < -0.4 is 10.7 Å².